The number of anilines is 2. The number of carbonyl (C=O) groups excluding carboxylic acids is 1. The molecule has 32 heavy (non-hydrogen) atoms. The first-order valence-electron chi connectivity index (χ1n) is 9.94. The van der Waals surface area contributed by atoms with Crippen molar-refractivity contribution in [2.24, 2.45) is 0 Å². The number of carbonyl (C=O) groups is 1. The number of nitro groups is 1. The molecule has 1 aliphatic rings. The molecule has 1 aliphatic heterocycles. The summed E-state index contributed by atoms with van der Waals surface area (Å²) >= 11 is 0. The lowest BCUT2D eigenvalue weighted by molar-refractivity contribution is -0.384. The standard InChI is InChI=1S/C21H23F3N4O4/c1-32-17-5-6-18(19(14-17)28(30)31)25-20(29)7-8-26-9-11-27(12-10-26)16-4-2-3-15(13-16)21(22,23)24/h2-6,13-14H,7-12H2,1H3,(H,25,29). The molecule has 1 heterocycles. The molecular weight excluding hydrogens is 429 g/mol. The topological polar surface area (TPSA) is 88.0 Å². The molecule has 1 amide bonds. The van der Waals surface area contributed by atoms with Crippen molar-refractivity contribution in [3.63, 3.8) is 0 Å². The Balaban J connectivity index is 1.50. The number of hydrogen-bond donors (Lipinski definition) is 1. The maximum atomic E-state index is 12.9. The van der Waals surface area contributed by atoms with Gasteiger partial charge in [0.15, 0.2) is 0 Å². The second-order valence-electron chi connectivity index (χ2n) is 7.32. The Kier molecular flexibility index (Phi) is 7.18. The number of amides is 1. The third-order valence-electron chi connectivity index (χ3n) is 5.24. The van der Waals surface area contributed by atoms with Crippen molar-refractivity contribution in [2.45, 2.75) is 12.6 Å². The van der Waals surface area contributed by atoms with Crippen molar-refractivity contribution in [1.29, 1.82) is 0 Å². The zero-order valence-electron chi connectivity index (χ0n) is 17.4. The summed E-state index contributed by atoms with van der Waals surface area (Å²) in [4.78, 5) is 26.8. The van der Waals surface area contributed by atoms with Crippen LogP contribution in [-0.4, -0.2) is 55.6 Å². The highest BCUT2D eigenvalue weighted by molar-refractivity contribution is 5.93. The molecular formula is C21H23F3N4O4. The lowest BCUT2D eigenvalue weighted by Crippen LogP contribution is -2.47. The average Bonchev–Trinajstić information content (AvgIpc) is 2.77. The summed E-state index contributed by atoms with van der Waals surface area (Å²) in [6.07, 6.45) is -4.25. The van der Waals surface area contributed by atoms with Crippen LogP contribution >= 0.6 is 0 Å². The zero-order valence-corrected chi connectivity index (χ0v) is 17.4. The second kappa shape index (κ2) is 9.86. The summed E-state index contributed by atoms with van der Waals surface area (Å²) in [6.45, 7) is 2.68. The number of hydrogen-bond acceptors (Lipinski definition) is 6. The minimum Gasteiger partial charge on any atom is -0.496 e. The van der Waals surface area contributed by atoms with Gasteiger partial charge >= 0.3 is 6.18 Å². The van der Waals surface area contributed by atoms with Gasteiger partial charge in [0, 0.05) is 44.8 Å². The molecule has 0 unspecified atom stereocenters. The summed E-state index contributed by atoms with van der Waals surface area (Å²) < 4.78 is 43.8. The lowest BCUT2D eigenvalue weighted by Gasteiger charge is -2.36. The molecule has 0 aromatic heterocycles. The van der Waals surface area contributed by atoms with Gasteiger partial charge in [0.1, 0.15) is 11.4 Å². The van der Waals surface area contributed by atoms with E-state index in [1.54, 1.807) is 6.07 Å². The van der Waals surface area contributed by atoms with Gasteiger partial charge in [-0.15, -0.1) is 0 Å². The SMILES string of the molecule is COc1ccc(NC(=O)CCN2CCN(c3cccc(C(F)(F)F)c3)CC2)c([N+](=O)[O-])c1. The summed E-state index contributed by atoms with van der Waals surface area (Å²) in [5.74, 6) is -0.0492. The van der Waals surface area contributed by atoms with Crippen molar-refractivity contribution in [3.05, 3.63) is 58.1 Å². The van der Waals surface area contributed by atoms with Gasteiger partial charge in [-0.3, -0.25) is 19.8 Å². The number of alkyl halides is 3. The fraction of sp³-hybridized carbons (Fsp3) is 0.381. The van der Waals surface area contributed by atoms with Gasteiger partial charge in [0.05, 0.1) is 23.7 Å². The summed E-state index contributed by atoms with van der Waals surface area (Å²) in [7, 11) is 1.39. The first-order chi connectivity index (χ1) is 15.2. The van der Waals surface area contributed by atoms with Crippen LogP contribution in [0.15, 0.2) is 42.5 Å². The summed E-state index contributed by atoms with van der Waals surface area (Å²) in [5.41, 5.74) is -0.326. The number of halogens is 3. The Bertz CT molecular complexity index is 976. The molecule has 0 atom stereocenters. The van der Waals surface area contributed by atoms with E-state index in [1.165, 1.54) is 31.4 Å². The highest BCUT2D eigenvalue weighted by Crippen LogP contribution is 2.32. The Morgan fingerprint density at radius 3 is 2.50 bits per heavy atom. The molecule has 1 fully saturated rings. The van der Waals surface area contributed by atoms with Gasteiger partial charge in [-0.05, 0) is 30.3 Å². The fourth-order valence-corrected chi connectivity index (χ4v) is 3.48. The molecule has 0 spiro atoms. The number of nitrogens with one attached hydrogen (secondary N) is 1. The van der Waals surface area contributed by atoms with Crippen LogP contribution < -0.4 is 15.0 Å². The Hall–Kier alpha value is -3.34. The molecule has 3 rings (SSSR count). The third kappa shape index (κ3) is 5.88. The van der Waals surface area contributed by atoms with Crippen molar-refractivity contribution in [1.82, 2.24) is 4.90 Å². The molecule has 2 aromatic rings. The van der Waals surface area contributed by atoms with Crippen LogP contribution in [0.2, 0.25) is 0 Å². The molecule has 0 bridgehead atoms. The Labute approximate surface area is 182 Å². The number of nitro benzene ring substituents is 1. The molecule has 1 N–H and O–H groups in total. The van der Waals surface area contributed by atoms with Gasteiger partial charge < -0.3 is 15.0 Å². The van der Waals surface area contributed by atoms with Crippen LogP contribution in [0, 0.1) is 10.1 Å². The highest BCUT2D eigenvalue weighted by Gasteiger charge is 2.31. The minimum atomic E-state index is -4.38. The molecule has 1 saturated heterocycles. The Morgan fingerprint density at radius 2 is 1.88 bits per heavy atom. The summed E-state index contributed by atoms with van der Waals surface area (Å²) in [5, 5.41) is 13.8. The van der Waals surface area contributed by atoms with Crippen LogP contribution in [0.3, 0.4) is 0 Å². The summed E-state index contributed by atoms with van der Waals surface area (Å²) in [6, 6.07) is 9.42. The average molecular weight is 452 g/mol. The number of rotatable bonds is 7. The maximum absolute atomic E-state index is 12.9. The largest absolute Gasteiger partial charge is 0.496 e. The van der Waals surface area contributed by atoms with E-state index >= 15 is 0 Å². The molecule has 0 radical (unpaired) electrons. The zero-order chi connectivity index (χ0) is 23.3. The normalized spacial score (nSPS) is 14.8. The van der Waals surface area contributed by atoms with Gasteiger partial charge in [-0.25, -0.2) is 0 Å². The van der Waals surface area contributed by atoms with E-state index in [0.29, 0.717) is 44.2 Å². The fourth-order valence-electron chi connectivity index (χ4n) is 3.48. The lowest BCUT2D eigenvalue weighted by atomic mass is 10.1. The number of nitrogens with zero attached hydrogens (tertiary/aromatic N) is 3. The van der Waals surface area contributed by atoms with Gasteiger partial charge in [-0.1, -0.05) is 6.07 Å². The van der Waals surface area contributed by atoms with Crippen molar-refractivity contribution in [2.75, 3.05) is 50.1 Å². The molecule has 2 aromatic carbocycles. The maximum Gasteiger partial charge on any atom is 0.416 e. The second-order valence-corrected chi connectivity index (χ2v) is 7.32. The van der Waals surface area contributed by atoms with E-state index in [9.17, 15) is 28.1 Å². The first-order valence-corrected chi connectivity index (χ1v) is 9.94. The number of benzene rings is 2. The molecule has 8 nitrogen and oxygen atoms in total. The van der Waals surface area contributed by atoms with Crippen LogP contribution in [0.5, 0.6) is 5.75 Å². The molecule has 0 saturated carbocycles. The smallest absolute Gasteiger partial charge is 0.416 e. The van der Waals surface area contributed by atoms with Crippen LogP contribution in [0.4, 0.5) is 30.2 Å². The highest BCUT2D eigenvalue weighted by atomic mass is 19.4. The van der Waals surface area contributed by atoms with E-state index in [-0.39, 0.29) is 23.7 Å². The number of ether oxygens (including phenoxy) is 1. The van der Waals surface area contributed by atoms with E-state index in [1.807, 2.05) is 9.80 Å². The Morgan fingerprint density at radius 1 is 1.16 bits per heavy atom. The third-order valence-corrected chi connectivity index (χ3v) is 5.24. The van der Waals surface area contributed by atoms with Gasteiger partial charge in [0.2, 0.25) is 5.91 Å². The van der Waals surface area contributed by atoms with Gasteiger partial charge in [-0.2, -0.15) is 13.2 Å². The number of methoxy groups -OCH3 is 1. The number of piperazine rings is 1. The van der Waals surface area contributed by atoms with Gasteiger partial charge in [0.25, 0.3) is 5.69 Å². The van der Waals surface area contributed by atoms with E-state index in [2.05, 4.69) is 5.32 Å². The van der Waals surface area contributed by atoms with Crippen LogP contribution in [0.25, 0.3) is 0 Å². The predicted molar refractivity (Wildman–Crippen MR) is 113 cm³/mol. The van der Waals surface area contributed by atoms with Crippen molar-refractivity contribution < 1.29 is 27.6 Å². The van der Waals surface area contributed by atoms with E-state index < -0.39 is 16.7 Å². The molecule has 11 heteroatoms. The quantitative estimate of drug-likeness (QED) is 0.508. The van der Waals surface area contributed by atoms with Crippen molar-refractivity contribution >= 4 is 23.0 Å². The predicted octanol–water partition coefficient (Wildman–Crippen LogP) is 3.77. The van der Waals surface area contributed by atoms with Crippen molar-refractivity contribution in [3.8, 4) is 5.75 Å². The monoisotopic (exact) mass is 452 g/mol. The van der Waals surface area contributed by atoms with E-state index in [0.717, 1.165) is 12.1 Å². The van der Waals surface area contributed by atoms with Crippen LogP contribution in [0.1, 0.15) is 12.0 Å². The first kappa shape index (κ1) is 23.3. The van der Waals surface area contributed by atoms with Crippen LogP contribution in [-0.2, 0) is 11.0 Å². The molecule has 172 valence electrons. The minimum absolute atomic E-state index is 0.0927. The molecule has 0 aliphatic carbocycles. The van der Waals surface area contributed by atoms with E-state index in [4.69, 9.17) is 4.74 Å².